The summed E-state index contributed by atoms with van der Waals surface area (Å²) < 4.78 is 0. The third-order valence-corrected chi connectivity index (χ3v) is 3.43. The van der Waals surface area contributed by atoms with Gasteiger partial charge < -0.3 is 15.5 Å². The third-order valence-electron chi connectivity index (χ3n) is 3.43. The van der Waals surface area contributed by atoms with Crippen LogP contribution in [0.1, 0.15) is 32.3 Å². The molecule has 1 aromatic rings. The Morgan fingerprint density at radius 3 is 2.85 bits per heavy atom. The Hall–Kier alpha value is -2.04. The van der Waals surface area contributed by atoms with Gasteiger partial charge in [0.05, 0.1) is 0 Å². The molecule has 0 atom stereocenters. The van der Waals surface area contributed by atoms with Gasteiger partial charge in [-0.3, -0.25) is 4.79 Å². The van der Waals surface area contributed by atoms with Crippen molar-refractivity contribution in [3.8, 4) is 0 Å². The van der Waals surface area contributed by atoms with Gasteiger partial charge in [-0.2, -0.15) is 0 Å². The van der Waals surface area contributed by atoms with E-state index in [1.54, 1.807) is 11.8 Å². The number of carbonyl (C=O) groups excluding carboxylic acids is 2. The molecule has 20 heavy (non-hydrogen) atoms. The summed E-state index contributed by atoms with van der Waals surface area (Å²) in [7, 11) is 0. The van der Waals surface area contributed by atoms with E-state index in [1.165, 1.54) is 0 Å². The smallest absolute Gasteiger partial charge is 0.319 e. The Labute approximate surface area is 119 Å². The lowest BCUT2D eigenvalue weighted by Gasteiger charge is -2.15. The Balaban J connectivity index is 1.98. The van der Waals surface area contributed by atoms with Crippen LogP contribution in [-0.4, -0.2) is 25.0 Å². The molecule has 2 rings (SSSR count). The maximum atomic E-state index is 11.7. The SMILES string of the molecule is CCCCNC(=O)Nc1ccc2c(c1)CCN2C(C)=O. The van der Waals surface area contributed by atoms with Gasteiger partial charge in [0.2, 0.25) is 5.91 Å². The van der Waals surface area contributed by atoms with Gasteiger partial charge in [0, 0.05) is 31.4 Å². The summed E-state index contributed by atoms with van der Waals surface area (Å²) >= 11 is 0. The van der Waals surface area contributed by atoms with Crippen molar-refractivity contribution in [2.75, 3.05) is 23.3 Å². The fraction of sp³-hybridized carbons (Fsp3) is 0.467. The number of nitrogens with one attached hydrogen (secondary N) is 2. The number of hydrogen-bond donors (Lipinski definition) is 2. The largest absolute Gasteiger partial charge is 0.338 e. The van der Waals surface area contributed by atoms with Crippen LogP contribution in [0.5, 0.6) is 0 Å². The molecule has 0 spiro atoms. The number of carbonyl (C=O) groups is 2. The van der Waals surface area contributed by atoms with Crippen LogP contribution >= 0.6 is 0 Å². The molecule has 0 bridgehead atoms. The molecule has 0 aliphatic carbocycles. The molecule has 1 heterocycles. The highest BCUT2D eigenvalue weighted by molar-refractivity contribution is 5.95. The minimum Gasteiger partial charge on any atom is -0.338 e. The molecule has 0 saturated carbocycles. The molecular weight excluding hydrogens is 254 g/mol. The average Bonchev–Trinajstić information content (AvgIpc) is 2.82. The maximum absolute atomic E-state index is 11.7. The Kier molecular flexibility index (Phi) is 4.61. The van der Waals surface area contributed by atoms with Crippen molar-refractivity contribution in [1.82, 2.24) is 5.32 Å². The summed E-state index contributed by atoms with van der Waals surface area (Å²) in [6.07, 6.45) is 2.87. The molecule has 108 valence electrons. The fourth-order valence-corrected chi connectivity index (χ4v) is 2.36. The topological polar surface area (TPSA) is 61.4 Å². The number of anilines is 2. The standard InChI is InChI=1S/C15H21N3O2/c1-3-4-8-16-15(20)17-13-5-6-14-12(10-13)7-9-18(14)11(2)19/h5-6,10H,3-4,7-9H2,1-2H3,(H2,16,17,20). The van der Waals surface area contributed by atoms with E-state index in [-0.39, 0.29) is 11.9 Å². The van der Waals surface area contributed by atoms with E-state index in [2.05, 4.69) is 17.6 Å². The van der Waals surface area contributed by atoms with Gasteiger partial charge in [0.1, 0.15) is 0 Å². The van der Waals surface area contributed by atoms with Crippen LogP contribution in [0.4, 0.5) is 16.2 Å². The molecule has 0 aromatic heterocycles. The van der Waals surface area contributed by atoms with Crippen LogP contribution in [-0.2, 0) is 11.2 Å². The van der Waals surface area contributed by atoms with Gasteiger partial charge in [-0.15, -0.1) is 0 Å². The lowest BCUT2D eigenvalue weighted by molar-refractivity contribution is -0.116. The summed E-state index contributed by atoms with van der Waals surface area (Å²) in [4.78, 5) is 24.9. The number of fused-ring (bicyclic) bond motifs is 1. The van der Waals surface area contributed by atoms with E-state index in [1.807, 2.05) is 18.2 Å². The number of amides is 3. The minimum absolute atomic E-state index is 0.0572. The predicted octanol–water partition coefficient (Wildman–Crippen LogP) is 2.52. The molecule has 0 radical (unpaired) electrons. The van der Waals surface area contributed by atoms with Crippen LogP contribution in [0.25, 0.3) is 0 Å². The van der Waals surface area contributed by atoms with E-state index >= 15 is 0 Å². The number of hydrogen-bond acceptors (Lipinski definition) is 2. The summed E-state index contributed by atoms with van der Waals surface area (Å²) in [6, 6.07) is 5.49. The van der Waals surface area contributed by atoms with E-state index in [0.717, 1.165) is 42.7 Å². The highest BCUT2D eigenvalue weighted by atomic mass is 16.2. The quantitative estimate of drug-likeness (QED) is 0.829. The van der Waals surface area contributed by atoms with Crippen molar-refractivity contribution in [3.05, 3.63) is 23.8 Å². The summed E-state index contributed by atoms with van der Waals surface area (Å²) in [6.45, 7) is 5.06. The Morgan fingerprint density at radius 2 is 2.15 bits per heavy atom. The molecule has 0 fully saturated rings. The summed E-state index contributed by atoms with van der Waals surface area (Å²) in [5, 5.41) is 5.63. The number of rotatable bonds is 4. The van der Waals surface area contributed by atoms with Crippen LogP contribution in [0.2, 0.25) is 0 Å². The lowest BCUT2D eigenvalue weighted by Crippen LogP contribution is -2.29. The molecular formula is C15H21N3O2. The van der Waals surface area contributed by atoms with Crippen molar-refractivity contribution in [2.45, 2.75) is 33.1 Å². The average molecular weight is 275 g/mol. The summed E-state index contributed by atoms with van der Waals surface area (Å²) in [5.74, 6) is 0.0572. The molecule has 1 aromatic carbocycles. The zero-order chi connectivity index (χ0) is 14.5. The maximum Gasteiger partial charge on any atom is 0.319 e. The van der Waals surface area contributed by atoms with Gasteiger partial charge in [-0.25, -0.2) is 4.79 Å². The predicted molar refractivity (Wildman–Crippen MR) is 80.1 cm³/mol. The van der Waals surface area contributed by atoms with Gasteiger partial charge in [-0.05, 0) is 36.6 Å². The molecule has 3 amide bonds. The molecule has 5 nitrogen and oxygen atoms in total. The number of nitrogens with zero attached hydrogens (tertiary/aromatic N) is 1. The second-order valence-electron chi connectivity index (χ2n) is 5.00. The summed E-state index contributed by atoms with van der Waals surface area (Å²) in [5.41, 5.74) is 2.82. The minimum atomic E-state index is -0.181. The lowest BCUT2D eigenvalue weighted by atomic mass is 10.1. The number of urea groups is 1. The second-order valence-corrected chi connectivity index (χ2v) is 5.00. The molecule has 0 unspecified atom stereocenters. The normalized spacial score (nSPS) is 13.0. The number of benzene rings is 1. The number of unbranched alkanes of at least 4 members (excludes halogenated alkanes) is 1. The Bertz CT molecular complexity index is 514. The van der Waals surface area contributed by atoms with Gasteiger partial charge in [0.25, 0.3) is 0 Å². The second kappa shape index (κ2) is 6.41. The monoisotopic (exact) mass is 275 g/mol. The first-order chi connectivity index (χ1) is 9.61. The zero-order valence-electron chi connectivity index (χ0n) is 12.0. The van der Waals surface area contributed by atoms with E-state index in [9.17, 15) is 9.59 Å². The molecule has 1 aliphatic heterocycles. The van der Waals surface area contributed by atoms with Gasteiger partial charge >= 0.3 is 6.03 Å². The molecule has 0 saturated heterocycles. The molecule has 2 N–H and O–H groups in total. The fourth-order valence-electron chi connectivity index (χ4n) is 2.36. The van der Waals surface area contributed by atoms with Crippen LogP contribution in [0.15, 0.2) is 18.2 Å². The molecule has 1 aliphatic rings. The molecule has 5 heteroatoms. The van der Waals surface area contributed by atoms with Gasteiger partial charge in [-0.1, -0.05) is 13.3 Å². The zero-order valence-corrected chi connectivity index (χ0v) is 12.0. The first-order valence-electron chi connectivity index (χ1n) is 7.07. The van der Waals surface area contributed by atoms with Crippen molar-refractivity contribution >= 4 is 23.3 Å². The van der Waals surface area contributed by atoms with Crippen molar-refractivity contribution in [2.24, 2.45) is 0 Å². The van der Waals surface area contributed by atoms with Crippen molar-refractivity contribution in [1.29, 1.82) is 0 Å². The van der Waals surface area contributed by atoms with Crippen LogP contribution < -0.4 is 15.5 Å². The van der Waals surface area contributed by atoms with Gasteiger partial charge in [0.15, 0.2) is 0 Å². The Morgan fingerprint density at radius 1 is 1.35 bits per heavy atom. The highest BCUT2D eigenvalue weighted by Gasteiger charge is 2.22. The van der Waals surface area contributed by atoms with Crippen LogP contribution in [0, 0.1) is 0 Å². The van der Waals surface area contributed by atoms with E-state index in [4.69, 9.17) is 0 Å². The van der Waals surface area contributed by atoms with Crippen molar-refractivity contribution in [3.63, 3.8) is 0 Å². The van der Waals surface area contributed by atoms with E-state index < -0.39 is 0 Å². The first kappa shape index (κ1) is 14.4. The third kappa shape index (κ3) is 3.29. The van der Waals surface area contributed by atoms with E-state index in [0.29, 0.717) is 6.54 Å². The highest BCUT2D eigenvalue weighted by Crippen LogP contribution is 2.30. The van der Waals surface area contributed by atoms with Crippen molar-refractivity contribution < 1.29 is 9.59 Å². The van der Waals surface area contributed by atoms with Crippen LogP contribution in [0.3, 0.4) is 0 Å². The first-order valence-corrected chi connectivity index (χ1v) is 7.07.